The molecule has 4 fully saturated rings. The van der Waals surface area contributed by atoms with E-state index in [0.717, 1.165) is 67.0 Å². The lowest BCUT2D eigenvalue weighted by molar-refractivity contribution is -0.123. The molecule has 1 aromatic carbocycles. The molecular formula is C29H38N4O2. The van der Waals surface area contributed by atoms with Gasteiger partial charge in [0.15, 0.2) is 0 Å². The molecule has 1 amide bonds. The third kappa shape index (κ3) is 4.53. The van der Waals surface area contributed by atoms with Gasteiger partial charge in [0.05, 0.1) is 36.7 Å². The van der Waals surface area contributed by atoms with Crippen LogP contribution in [0, 0.1) is 17.8 Å². The van der Waals surface area contributed by atoms with Crippen LogP contribution >= 0.6 is 0 Å². The van der Waals surface area contributed by atoms with Crippen molar-refractivity contribution in [2.45, 2.75) is 77.5 Å². The molecule has 7 rings (SSSR count). The number of rotatable bonds is 4. The fourth-order valence-electron chi connectivity index (χ4n) is 6.68. The van der Waals surface area contributed by atoms with E-state index in [1.807, 2.05) is 17.2 Å². The number of carbonyl (C=O) groups excluding carboxylic acids is 1. The second-order valence-corrected chi connectivity index (χ2v) is 11.4. The molecule has 2 bridgehead atoms. The summed E-state index contributed by atoms with van der Waals surface area (Å²) in [6.45, 7) is 6.92. The van der Waals surface area contributed by atoms with E-state index >= 15 is 0 Å². The van der Waals surface area contributed by atoms with Gasteiger partial charge in [0.25, 0.3) is 0 Å². The van der Waals surface area contributed by atoms with Gasteiger partial charge in [-0.15, -0.1) is 0 Å². The second kappa shape index (κ2) is 9.45. The van der Waals surface area contributed by atoms with Crippen molar-refractivity contribution in [3.05, 3.63) is 42.1 Å². The van der Waals surface area contributed by atoms with Crippen molar-refractivity contribution < 1.29 is 9.53 Å². The van der Waals surface area contributed by atoms with Gasteiger partial charge in [-0.25, -0.2) is 4.98 Å². The van der Waals surface area contributed by atoms with Gasteiger partial charge in [0, 0.05) is 29.9 Å². The lowest BCUT2D eigenvalue weighted by Gasteiger charge is -2.46. The summed E-state index contributed by atoms with van der Waals surface area (Å²) in [5.41, 5.74) is 4.21. The molecule has 1 N–H and O–H groups in total. The van der Waals surface area contributed by atoms with Gasteiger partial charge < -0.3 is 19.9 Å². The number of carbonyl (C=O) groups is 1. The Morgan fingerprint density at radius 3 is 2.71 bits per heavy atom. The number of aromatic nitrogens is 1. The third-order valence-corrected chi connectivity index (χ3v) is 8.53. The number of ether oxygens (including phenoxy) is 1. The number of nitrogens with one attached hydrogen (secondary N) is 1. The summed E-state index contributed by atoms with van der Waals surface area (Å²) >= 11 is 0. The molecule has 2 unspecified atom stereocenters. The Bertz CT molecular complexity index is 1070. The fourth-order valence-corrected chi connectivity index (χ4v) is 6.68. The number of pyridine rings is 1. The van der Waals surface area contributed by atoms with Crippen LogP contribution in [0.4, 0.5) is 22.9 Å². The summed E-state index contributed by atoms with van der Waals surface area (Å²) < 4.78 is 5.95. The molecule has 5 heterocycles. The van der Waals surface area contributed by atoms with Crippen LogP contribution in [0.25, 0.3) is 0 Å². The number of hydrogen-bond acceptors (Lipinski definition) is 5. The quantitative estimate of drug-likeness (QED) is 0.599. The van der Waals surface area contributed by atoms with Crippen LogP contribution in [0.3, 0.4) is 0 Å². The largest absolute Gasteiger partial charge is 0.374 e. The molecule has 6 heteroatoms. The minimum absolute atomic E-state index is 0.104. The molecule has 1 aromatic heterocycles. The molecule has 0 spiro atoms. The Hall–Kier alpha value is -2.60. The van der Waals surface area contributed by atoms with Crippen LogP contribution in [0.5, 0.6) is 0 Å². The highest BCUT2D eigenvalue weighted by Crippen LogP contribution is 2.42. The predicted molar refractivity (Wildman–Crippen MR) is 140 cm³/mol. The first kappa shape index (κ1) is 22.8. The van der Waals surface area contributed by atoms with Crippen molar-refractivity contribution in [3.8, 4) is 0 Å². The van der Waals surface area contributed by atoms with Gasteiger partial charge in [0.1, 0.15) is 5.82 Å². The highest BCUT2D eigenvalue weighted by atomic mass is 16.5. The molecule has 4 aliphatic heterocycles. The van der Waals surface area contributed by atoms with Crippen molar-refractivity contribution in [1.82, 2.24) is 4.98 Å². The molecule has 5 aliphatic rings. The molecule has 2 atom stereocenters. The van der Waals surface area contributed by atoms with Crippen molar-refractivity contribution in [1.29, 1.82) is 0 Å². The summed E-state index contributed by atoms with van der Waals surface area (Å²) in [6, 6.07) is 11.0. The zero-order valence-electron chi connectivity index (χ0n) is 21.1. The molecule has 2 aromatic rings. The van der Waals surface area contributed by atoms with E-state index in [9.17, 15) is 4.79 Å². The van der Waals surface area contributed by atoms with E-state index in [-0.39, 0.29) is 11.8 Å². The zero-order chi connectivity index (χ0) is 23.9. The predicted octanol–water partition coefficient (Wildman–Crippen LogP) is 5.89. The molecule has 1 aliphatic carbocycles. The molecule has 186 valence electrons. The summed E-state index contributed by atoms with van der Waals surface area (Å²) in [4.78, 5) is 23.2. The van der Waals surface area contributed by atoms with E-state index in [4.69, 9.17) is 4.74 Å². The lowest BCUT2D eigenvalue weighted by atomic mass is 9.78. The van der Waals surface area contributed by atoms with Crippen molar-refractivity contribution in [2.75, 3.05) is 28.3 Å². The Kier molecular flexibility index (Phi) is 6.17. The van der Waals surface area contributed by atoms with Crippen molar-refractivity contribution in [2.24, 2.45) is 17.8 Å². The van der Waals surface area contributed by atoms with Crippen molar-refractivity contribution in [3.63, 3.8) is 0 Å². The summed E-state index contributed by atoms with van der Waals surface area (Å²) in [7, 11) is 0. The maximum Gasteiger partial charge on any atom is 0.230 e. The topological polar surface area (TPSA) is 57.7 Å². The number of nitrogens with zero attached hydrogens (tertiary/aromatic N) is 3. The van der Waals surface area contributed by atoms with E-state index < -0.39 is 0 Å². The van der Waals surface area contributed by atoms with E-state index in [1.165, 1.54) is 31.4 Å². The van der Waals surface area contributed by atoms with Gasteiger partial charge in [-0.1, -0.05) is 19.9 Å². The average Bonchev–Trinajstić information content (AvgIpc) is 3.05. The summed E-state index contributed by atoms with van der Waals surface area (Å²) in [5.74, 6) is 2.72. The highest BCUT2D eigenvalue weighted by molar-refractivity contribution is 6.00. The summed E-state index contributed by atoms with van der Waals surface area (Å²) in [6.07, 6.45) is 10.1. The standard InChI is InChI=1S/C29H38N4O2/c1-19(2)14-20-5-7-21(8-6-20)29(34)33-16-22-4-3-13-30-28(22)31-26-12-10-23(15-27(26)33)32-17-25-11-9-24(32)18-35-25/h3-4,10,12-13,15,19-21,24-25H,5-9,11,14,16-18H2,1-2H3,(H,30,31). The molecule has 1 saturated carbocycles. The van der Waals surface area contributed by atoms with Crippen molar-refractivity contribution >= 4 is 28.8 Å². The highest BCUT2D eigenvalue weighted by Gasteiger charge is 2.36. The first-order chi connectivity index (χ1) is 17.0. The molecule has 35 heavy (non-hydrogen) atoms. The third-order valence-electron chi connectivity index (χ3n) is 8.53. The molecule has 3 saturated heterocycles. The molecule has 6 nitrogen and oxygen atoms in total. The van der Waals surface area contributed by atoms with Crippen LogP contribution < -0.4 is 15.1 Å². The maximum atomic E-state index is 14.1. The minimum atomic E-state index is 0.104. The van der Waals surface area contributed by atoms with Gasteiger partial charge in [-0.05, 0) is 81.0 Å². The van der Waals surface area contributed by atoms with Gasteiger partial charge in [-0.2, -0.15) is 0 Å². The Balaban J connectivity index is 1.30. The number of piperidine rings is 1. The summed E-state index contributed by atoms with van der Waals surface area (Å²) in [5, 5.41) is 3.54. The average molecular weight is 475 g/mol. The van der Waals surface area contributed by atoms with Crippen LogP contribution in [-0.4, -0.2) is 36.2 Å². The molecular weight excluding hydrogens is 436 g/mol. The smallest absolute Gasteiger partial charge is 0.230 e. The number of benzene rings is 1. The lowest BCUT2D eigenvalue weighted by Crippen LogP contribution is -2.54. The van der Waals surface area contributed by atoms with Crippen LogP contribution in [-0.2, 0) is 16.1 Å². The Labute approximate surface area is 209 Å². The minimum Gasteiger partial charge on any atom is -0.374 e. The van der Waals surface area contributed by atoms with E-state index in [1.54, 1.807) is 0 Å². The zero-order valence-corrected chi connectivity index (χ0v) is 21.1. The number of morpholine rings is 1. The number of amides is 1. The Morgan fingerprint density at radius 1 is 1.14 bits per heavy atom. The first-order valence-corrected chi connectivity index (χ1v) is 13.6. The SMILES string of the molecule is CC(C)CC1CCC(C(=O)N2Cc3cccnc3Nc3ccc(N4CC5CCC4CO5)cc32)CC1. The second-order valence-electron chi connectivity index (χ2n) is 11.4. The van der Waals surface area contributed by atoms with Gasteiger partial charge in [0.2, 0.25) is 5.91 Å². The van der Waals surface area contributed by atoms with Crippen LogP contribution in [0.2, 0.25) is 0 Å². The Morgan fingerprint density at radius 2 is 2.00 bits per heavy atom. The number of anilines is 4. The normalized spacial score (nSPS) is 27.7. The number of fused-ring (bicyclic) bond motifs is 5. The van der Waals surface area contributed by atoms with Gasteiger partial charge in [-0.3, -0.25) is 4.79 Å². The van der Waals surface area contributed by atoms with Gasteiger partial charge >= 0.3 is 0 Å². The maximum absolute atomic E-state index is 14.1. The van der Waals surface area contributed by atoms with Crippen LogP contribution in [0.15, 0.2) is 36.5 Å². The first-order valence-electron chi connectivity index (χ1n) is 13.6. The number of hydrogen-bond donors (Lipinski definition) is 1. The fraction of sp³-hybridized carbons (Fsp3) is 0.586. The van der Waals surface area contributed by atoms with E-state index in [2.05, 4.69) is 53.3 Å². The molecule has 0 radical (unpaired) electrons. The monoisotopic (exact) mass is 474 g/mol. The van der Waals surface area contributed by atoms with E-state index in [0.29, 0.717) is 18.7 Å². The van der Waals surface area contributed by atoms with Crippen LogP contribution in [0.1, 0.15) is 64.4 Å².